The topological polar surface area (TPSA) is 54.6 Å². The van der Waals surface area contributed by atoms with Gasteiger partial charge < -0.3 is 5.11 Å². The quantitative estimate of drug-likeness (QED) is 0.848. The van der Waals surface area contributed by atoms with Crippen LogP contribution in [-0.2, 0) is 11.2 Å². The molecule has 2 aromatic rings. The van der Waals surface area contributed by atoms with E-state index in [4.69, 9.17) is 16.7 Å². The number of hydrogen-bond donors (Lipinski definition) is 1. The molecule has 0 aliphatic heterocycles. The number of hydrogen-bond acceptors (Lipinski definition) is 2. The van der Waals surface area contributed by atoms with Crippen LogP contribution in [0.3, 0.4) is 0 Å². The largest absolute Gasteiger partial charge is 0.481 e. The van der Waals surface area contributed by atoms with Crippen LogP contribution in [-0.4, -0.2) is 20.5 Å². The molecule has 0 saturated heterocycles. The van der Waals surface area contributed by atoms with Gasteiger partial charge in [0, 0.05) is 5.69 Å². The molecule has 1 N–H and O–H groups in total. The van der Waals surface area contributed by atoms with Gasteiger partial charge in [-0.05, 0) is 19.1 Å². The molecule has 15 heavy (non-hydrogen) atoms. The highest BCUT2D eigenvalue weighted by molar-refractivity contribution is 6.30. The number of fused-ring (bicyclic) bond motifs is 1. The second-order valence-electron chi connectivity index (χ2n) is 3.27. The van der Waals surface area contributed by atoms with Crippen LogP contribution in [0, 0.1) is 6.92 Å². The number of rotatable bonds is 2. The third-order valence-electron chi connectivity index (χ3n) is 2.16. The van der Waals surface area contributed by atoms with E-state index in [0.29, 0.717) is 22.2 Å². The van der Waals surface area contributed by atoms with E-state index < -0.39 is 5.97 Å². The van der Waals surface area contributed by atoms with Gasteiger partial charge in [0.2, 0.25) is 0 Å². The van der Waals surface area contributed by atoms with Crippen LogP contribution in [0.1, 0.15) is 11.4 Å². The maximum absolute atomic E-state index is 10.7. The van der Waals surface area contributed by atoms with Gasteiger partial charge in [-0.1, -0.05) is 17.7 Å². The van der Waals surface area contributed by atoms with Gasteiger partial charge in [0.05, 0.1) is 12.1 Å². The van der Waals surface area contributed by atoms with Crippen LogP contribution >= 0.6 is 11.6 Å². The standard InChI is InChI=1S/C10H9ClN2O2/c1-6-10(11)13-7(5-9(14)15)3-2-4-8(13)12-6/h2-4H,5H2,1H3,(H,14,15). The van der Waals surface area contributed by atoms with E-state index >= 15 is 0 Å². The van der Waals surface area contributed by atoms with E-state index in [1.165, 1.54) is 0 Å². The van der Waals surface area contributed by atoms with E-state index in [2.05, 4.69) is 4.98 Å². The number of halogens is 1. The van der Waals surface area contributed by atoms with Gasteiger partial charge in [0.1, 0.15) is 10.8 Å². The zero-order valence-electron chi connectivity index (χ0n) is 8.07. The highest BCUT2D eigenvalue weighted by atomic mass is 35.5. The fraction of sp³-hybridized carbons (Fsp3) is 0.200. The lowest BCUT2D eigenvalue weighted by Crippen LogP contribution is -2.05. The number of aryl methyl sites for hydroxylation is 1. The van der Waals surface area contributed by atoms with Crippen molar-refractivity contribution in [1.29, 1.82) is 0 Å². The second-order valence-corrected chi connectivity index (χ2v) is 3.63. The predicted octanol–water partition coefficient (Wildman–Crippen LogP) is 1.92. The Hall–Kier alpha value is -1.55. The van der Waals surface area contributed by atoms with Crippen LogP contribution in [0.4, 0.5) is 0 Å². The van der Waals surface area contributed by atoms with Gasteiger partial charge in [-0.2, -0.15) is 0 Å². The van der Waals surface area contributed by atoms with Crippen LogP contribution in [0.2, 0.25) is 5.15 Å². The first-order valence-corrected chi connectivity index (χ1v) is 4.81. The first kappa shape index (κ1) is 9.98. The lowest BCUT2D eigenvalue weighted by Gasteiger charge is -2.02. The molecule has 0 aliphatic carbocycles. The number of carboxylic acids is 1. The summed E-state index contributed by atoms with van der Waals surface area (Å²) in [6.07, 6.45) is -0.0626. The van der Waals surface area contributed by atoms with Crippen molar-refractivity contribution in [2.45, 2.75) is 13.3 Å². The fourth-order valence-electron chi connectivity index (χ4n) is 1.53. The number of nitrogens with zero attached hydrogens (tertiary/aromatic N) is 2. The van der Waals surface area contributed by atoms with E-state index in [1.54, 1.807) is 29.5 Å². The van der Waals surface area contributed by atoms with Crippen LogP contribution in [0.5, 0.6) is 0 Å². The van der Waals surface area contributed by atoms with Gasteiger partial charge in [0.15, 0.2) is 0 Å². The maximum Gasteiger partial charge on any atom is 0.309 e. The molecule has 0 radical (unpaired) electrons. The van der Waals surface area contributed by atoms with Crippen molar-refractivity contribution in [1.82, 2.24) is 9.38 Å². The van der Waals surface area contributed by atoms with Gasteiger partial charge in [-0.15, -0.1) is 0 Å². The molecule has 2 aromatic heterocycles. The molecule has 0 aliphatic rings. The Morgan fingerprint density at radius 2 is 2.33 bits per heavy atom. The highest BCUT2D eigenvalue weighted by Crippen LogP contribution is 2.19. The molecule has 0 bridgehead atoms. The smallest absolute Gasteiger partial charge is 0.309 e. The van der Waals surface area contributed by atoms with Gasteiger partial charge in [0.25, 0.3) is 0 Å². The normalized spacial score (nSPS) is 10.8. The zero-order chi connectivity index (χ0) is 11.0. The minimum absolute atomic E-state index is 0.0626. The van der Waals surface area contributed by atoms with E-state index in [1.807, 2.05) is 0 Å². The molecule has 0 unspecified atom stereocenters. The van der Waals surface area contributed by atoms with Crippen molar-refractivity contribution in [2.75, 3.05) is 0 Å². The third-order valence-corrected chi connectivity index (χ3v) is 2.60. The summed E-state index contributed by atoms with van der Waals surface area (Å²) in [6, 6.07) is 5.30. The number of aliphatic carboxylic acids is 1. The van der Waals surface area contributed by atoms with Crippen LogP contribution < -0.4 is 0 Å². The Labute approximate surface area is 91.1 Å². The van der Waals surface area contributed by atoms with Crippen molar-refractivity contribution < 1.29 is 9.90 Å². The molecular weight excluding hydrogens is 216 g/mol. The molecule has 0 atom stereocenters. The molecule has 5 heteroatoms. The summed E-state index contributed by atoms with van der Waals surface area (Å²) in [5.74, 6) is -0.884. The summed E-state index contributed by atoms with van der Waals surface area (Å²) in [6.45, 7) is 1.79. The van der Waals surface area contributed by atoms with E-state index in [9.17, 15) is 4.79 Å². The average molecular weight is 225 g/mol. The van der Waals surface area contributed by atoms with Crippen molar-refractivity contribution in [3.8, 4) is 0 Å². The molecule has 0 spiro atoms. The van der Waals surface area contributed by atoms with E-state index in [0.717, 1.165) is 0 Å². The number of pyridine rings is 1. The minimum atomic E-state index is -0.884. The molecular formula is C10H9ClN2O2. The second kappa shape index (κ2) is 3.55. The van der Waals surface area contributed by atoms with E-state index in [-0.39, 0.29) is 6.42 Å². The number of imidazole rings is 1. The summed E-state index contributed by atoms with van der Waals surface area (Å²) in [5.41, 5.74) is 2.01. The van der Waals surface area contributed by atoms with Crippen molar-refractivity contribution in [2.24, 2.45) is 0 Å². The zero-order valence-corrected chi connectivity index (χ0v) is 8.82. The Kier molecular flexibility index (Phi) is 2.36. The Balaban J connectivity index is 2.68. The van der Waals surface area contributed by atoms with Crippen molar-refractivity contribution in [3.05, 3.63) is 34.7 Å². The van der Waals surface area contributed by atoms with Gasteiger partial charge in [-0.25, -0.2) is 4.98 Å². The fourth-order valence-corrected chi connectivity index (χ4v) is 1.77. The summed E-state index contributed by atoms with van der Waals surface area (Å²) < 4.78 is 1.66. The lowest BCUT2D eigenvalue weighted by molar-refractivity contribution is -0.136. The van der Waals surface area contributed by atoms with Crippen molar-refractivity contribution >= 4 is 23.2 Å². The third kappa shape index (κ3) is 1.68. The molecule has 0 fully saturated rings. The molecule has 2 rings (SSSR count). The SMILES string of the molecule is Cc1nc2cccc(CC(=O)O)n2c1Cl. The average Bonchev–Trinajstić information content (AvgIpc) is 2.43. The maximum atomic E-state index is 10.7. The lowest BCUT2D eigenvalue weighted by atomic mass is 10.2. The Bertz CT molecular complexity index is 533. The van der Waals surface area contributed by atoms with Crippen LogP contribution in [0.25, 0.3) is 5.65 Å². The monoisotopic (exact) mass is 224 g/mol. The van der Waals surface area contributed by atoms with Gasteiger partial charge in [-0.3, -0.25) is 9.20 Å². The molecule has 0 saturated carbocycles. The highest BCUT2D eigenvalue weighted by Gasteiger charge is 2.11. The Morgan fingerprint density at radius 3 is 3.00 bits per heavy atom. The number of carboxylic acid groups (broad SMARTS) is 1. The Morgan fingerprint density at radius 1 is 1.60 bits per heavy atom. The predicted molar refractivity (Wildman–Crippen MR) is 56.3 cm³/mol. The summed E-state index contributed by atoms with van der Waals surface area (Å²) >= 11 is 6.04. The summed E-state index contributed by atoms with van der Waals surface area (Å²) in [5, 5.41) is 9.22. The molecule has 2 heterocycles. The van der Waals surface area contributed by atoms with Crippen LogP contribution in [0.15, 0.2) is 18.2 Å². The molecule has 0 aromatic carbocycles. The summed E-state index contributed by atoms with van der Waals surface area (Å²) in [4.78, 5) is 14.9. The summed E-state index contributed by atoms with van der Waals surface area (Å²) in [7, 11) is 0. The first-order chi connectivity index (χ1) is 7.09. The van der Waals surface area contributed by atoms with Gasteiger partial charge >= 0.3 is 5.97 Å². The molecule has 4 nitrogen and oxygen atoms in total. The molecule has 0 amide bonds. The molecule has 78 valence electrons. The first-order valence-electron chi connectivity index (χ1n) is 4.44. The number of carbonyl (C=O) groups is 1. The van der Waals surface area contributed by atoms with Crippen molar-refractivity contribution in [3.63, 3.8) is 0 Å². The number of aromatic nitrogens is 2. The minimum Gasteiger partial charge on any atom is -0.481 e.